The summed E-state index contributed by atoms with van der Waals surface area (Å²) in [5.74, 6) is 0.439. The molecule has 2 nitrogen and oxygen atoms in total. The van der Waals surface area contributed by atoms with Crippen LogP contribution in [0.3, 0.4) is 0 Å². The maximum Gasteiger partial charge on any atom is 0.202 e. The van der Waals surface area contributed by atoms with E-state index in [-0.39, 0.29) is 5.78 Å². The first kappa shape index (κ1) is 14.1. The molecule has 4 heteroatoms. The van der Waals surface area contributed by atoms with Crippen molar-refractivity contribution < 1.29 is 9.53 Å². The molecule has 0 fully saturated rings. The number of carbonyl (C=O) groups excluding carboxylic acids is 1. The van der Waals surface area contributed by atoms with Crippen LogP contribution in [0.5, 0.6) is 5.75 Å². The van der Waals surface area contributed by atoms with E-state index in [1.165, 1.54) is 0 Å². The van der Waals surface area contributed by atoms with Crippen LogP contribution in [0.1, 0.15) is 17.3 Å². The standard InChI is InChI=1S/C15H12BrClO2/c1-10(19-14-5-3-2-4-13(14)17)15(18)11-6-8-12(16)9-7-11/h2-10H,1H3. The molecule has 1 unspecified atom stereocenters. The van der Waals surface area contributed by atoms with E-state index in [4.69, 9.17) is 16.3 Å². The first-order valence-electron chi connectivity index (χ1n) is 5.79. The van der Waals surface area contributed by atoms with Crippen molar-refractivity contribution >= 4 is 33.3 Å². The minimum atomic E-state index is -0.582. The molecule has 2 rings (SSSR count). The Morgan fingerprint density at radius 2 is 1.79 bits per heavy atom. The van der Waals surface area contributed by atoms with Crippen molar-refractivity contribution in [3.05, 3.63) is 63.6 Å². The monoisotopic (exact) mass is 338 g/mol. The molecule has 0 radical (unpaired) electrons. The Bertz CT molecular complexity index is 581. The van der Waals surface area contributed by atoms with E-state index in [0.29, 0.717) is 16.3 Å². The molecule has 2 aromatic carbocycles. The predicted octanol–water partition coefficient (Wildman–Crippen LogP) is 4.75. The van der Waals surface area contributed by atoms with E-state index < -0.39 is 6.10 Å². The van der Waals surface area contributed by atoms with Crippen molar-refractivity contribution in [2.24, 2.45) is 0 Å². The number of Topliss-reactive ketones (excluding diaryl/α,β-unsaturated/α-hetero) is 1. The number of hydrogen-bond acceptors (Lipinski definition) is 2. The van der Waals surface area contributed by atoms with E-state index in [1.54, 1.807) is 31.2 Å². The van der Waals surface area contributed by atoms with Crippen molar-refractivity contribution in [2.45, 2.75) is 13.0 Å². The Morgan fingerprint density at radius 3 is 2.42 bits per heavy atom. The highest BCUT2D eigenvalue weighted by Gasteiger charge is 2.17. The third-order valence-corrected chi connectivity index (χ3v) is 3.48. The van der Waals surface area contributed by atoms with Crippen LogP contribution >= 0.6 is 27.5 Å². The molecule has 0 aliphatic carbocycles. The van der Waals surface area contributed by atoms with Crippen molar-refractivity contribution in [1.82, 2.24) is 0 Å². The summed E-state index contributed by atoms with van der Waals surface area (Å²) < 4.78 is 6.53. The molecule has 0 saturated carbocycles. The summed E-state index contributed by atoms with van der Waals surface area (Å²) in [5.41, 5.74) is 0.614. The summed E-state index contributed by atoms with van der Waals surface area (Å²) in [7, 11) is 0. The number of para-hydroxylation sites is 1. The second-order valence-corrected chi connectivity index (χ2v) is 5.38. The van der Waals surface area contributed by atoms with Gasteiger partial charge >= 0.3 is 0 Å². The van der Waals surface area contributed by atoms with Crippen molar-refractivity contribution in [1.29, 1.82) is 0 Å². The Hall–Kier alpha value is -1.32. The molecule has 2 aromatic rings. The molecule has 0 aromatic heterocycles. The first-order chi connectivity index (χ1) is 9.08. The third kappa shape index (κ3) is 3.58. The van der Waals surface area contributed by atoms with Gasteiger partial charge in [-0.05, 0) is 31.2 Å². The van der Waals surface area contributed by atoms with Crippen molar-refractivity contribution in [2.75, 3.05) is 0 Å². The smallest absolute Gasteiger partial charge is 0.202 e. The highest BCUT2D eigenvalue weighted by atomic mass is 79.9. The molecule has 19 heavy (non-hydrogen) atoms. The van der Waals surface area contributed by atoms with Gasteiger partial charge in [0.2, 0.25) is 5.78 Å². The SMILES string of the molecule is CC(Oc1ccccc1Cl)C(=O)c1ccc(Br)cc1. The van der Waals surface area contributed by atoms with Gasteiger partial charge in [0.25, 0.3) is 0 Å². The molecule has 1 atom stereocenters. The Kier molecular flexibility index (Phi) is 4.61. The van der Waals surface area contributed by atoms with E-state index in [0.717, 1.165) is 4.47 Å². The summed E-state index contributed by atoms with van der Waals surface area (Å²) in [5, 5.41) is 0.498. The Morgan fingerprint density at radius 1 is 1.16 bits per heavy atom. The van der Waals surface area contributed by atoms with Gasteiger partial charge in [-0.2, -0.15) is 0 Å². The first-order valence-corrected chi connectivity index (χ1v) is 6.96. The van der Waals surface area contributed by atoms with Crippen molar-refractivity contribution in [3.8, 4) is 5.75 Å². The quantitative estimate of drug-likeness (QED) is 0.751. The summed E-state index contributed by atoms with van der Waals surface area (Å²) in [6, 6.07) is 14.3. The second kappa shape index (κ2) is 6.22. The number of halogens is 2. The highest BCUT2D eigenvalue weighted by molar-refractivity contribution is 9.10. The lowest BCUT2D eigenvalue weighted by molar-refractivity contribution is 0.0818. The summed E-state index contributed by atoms with van der Waals surface area (Å²) in [6.07, 6.45) is -0.582. The average molecular weight is 340 g/mol. The third-order valence-electron chi connectivity index (χ3n) is 2.64. The molecule has 0 amide bonds. The maximum atomic E-state index is 12.2. The summed E-state index contributed by atoms with van der Waals surface area (Å²) in [6.45, 7) is 1.72. The minimum Gasteiger partial charge on any atom is -0.481 e. The zero-order chi connectivity index (χ0) is 13.8. The van der Waals surface area contributed by atoms with E-state index in [1.807, 2.05) is 24.3 Å². The molecule has 0 aliphatic heterocycles. The molecule has 0 N–H and O–H groups in total. The number of hydrogen-bond donors (Lipinski definition) is 0. The molecule has 0 bridgehead atoms. The topological polar surface area (TPSA) is 26.3 Å². The van der Waals surface area contributed by atoms with Gasteiger partial charge in [0.05, 0.1) is 5.02 Å². The van der Waals surface area contributed by atoms with Crippen LogP contribution in [0.2, 0.25) is 5.02 Å². The van der Waals surface area contributed by atoms with Crippen LogP contribution in [0.25, 0.3) is 0 Å². The Labute approximate surface area is 125 Å². The second-order valence-electron chi connectivity index (χ2n) is 4.06. The maximum absolute atomic E-state index is 12.2. The molecule has 0 heterocycles. The van der Waals surface area contributed by atoms with Gasteiger partial charge in [-0.1, -0.05) is 51.8 Å². The number of benzene rings is 2. The molecule has 0 aliphatic rings. The normalized spacial score (nSPS) is 11.9. The summed E-state index contributed by atoms with van der Waals surface area (Å²) in [4.78, 5) is 12.2. The highest BCUT2D eigenvalue weighted by Crippen LogP contribution is 2.25. The molecular weight excluding hydrogens is 328 g/mol. The Balaban J connectivity index is 2.12. The molecule has 98 valence electrons. The van der Waals surface area contributed by atoms with Gasteiger partial charge in [0, 0.05) is 10.0 Å². The van der Waals surface area contributed by atoms with Crippen LogP contribution in [-0.4, -0.2) is 11.9 Å². The lowest BCUT2D eigenvalue weighted by Crippen LogP contribution is -2.23. The van der Waals surface area contributed by atoms with Crippen LogP contribution in [0.4, 0.5) is 0 Å². The summed E-state index contributed by atoms with van der Waals surface area (Å²) >= 11 is 9.33. The zero-order valence-electron chi connectivity index (χ0n) is 10.3. The van der Waals surface area contributed by atoms with Gasteiger partial charge in [-0.15, -0.1) is 0 Å². The van der Waals surface area contributed by atoms with Crippen LogP contribution in [0.15, 0.2) is 53.0 Å². The van der Waals surface area contributed by atoms with E-state index in [2.05, 4.69) is 15.9 Å². The predicted molar refractivity (Wildman–Crippen MR) is 80.0 cm³/mol. The van der Waals surface area contributed by atoms with Gasteiger partial charge in [0.15, 0.2) is 6.10 Å². The number of ketones is 1. The van der Waals surface area contributed by atoms with E-state index in [9.17, 15) is 4.79 Å². The average Bonchev–Trinajstić information content (AvgIpc) is 2.41. The fourth-order valence-corrected chi connectivity index (χ4v) is 2.08. The molecule has 0 saturated heterocycles. The van der Waals surface area contributed by atoms with Crippen molar-refractivity contribution in [3.63, 3.8) is 0 Å². The van der Waals surface area contributed by atoms with Crippen LogP contribution < -0.4 is 4.74 Å². The lowest BCUT2D eigenvalue weighted by Gasteiger charge is -2.14. The minimum absolute atomic E-state index is 0.0765. The van der Waals surface area contributed by atoms with Crippen LogP contribution in [-0.2, 0) is 0 Å². The van der Waals surface area contributed by atoms with Gasteiger partial charge < -0.3 is 4.74 Å². The largest absolute Gasteiger partial charge is 0.481 e. The fourth-order valence-electron chi connectivity index (χ4n) is 1.63. The molecule has 0 spiro atoms. The number of ether oxygens (including phenoxy) is 1. The van der Waals surface area contributed by atoms with E-state index >= 15 is 0 Å². The van der Waals surface area contributed by atoms with Crippen LogP contribution in [0, 0.1) is 0 Å². The fraction of sp³-hybridized carbons (Fsp3) is 0.133. The zero-order valence-corrected chi connectivity index (χ0v) is 12.6. The molecular formula is C15H12BrClO2. The lowest BCUT2D eigenvalue weighted by atomic mass is 10.1. The van der Waals surface area contributed by atoms with Gasteiger partial charge in [-0.25, -0.2) is 0 Å². The van der Waals surface area contributed by atoms with Gasteiger partial charge in [0.1, 0.15) is 5.75 Å². The van der Waals surface area contributed by atoms with Gasteiger partial charge in [-0.3, -0.25) is 4.79 Å². The number of carbonyl (C=O) groups is 1. The number of rotatable bonds is 4.